The number of β-amino-alcohol motifs (C(OH)–C–C–N with tert-alkyl or cyclic N) is 1. The number of aryl methyl sites for hydroxylation is 2. The molecule has 0 bridgehead atoms. The van der Waals surface area contributed by atoms with Gasteiger partial charge in [-0.2, -0.15) is 4.31 Å². The fourth-order valence-electron chi connectivity index (χ4n) is 4.20. The van der Waals surface area contributed by atoms with Gasteiger partial charge < -0.3 is 14.8 Å². The number of piperidine rings is 1. The van der Waals surface area contributed by atoms with Gasteiger partial charge in [0, 0.05) is 25.5 Å². The van der Waals surface area contributed by atoms with Crippen LogP contribution in [0.4, 0.5) is 5.82 Å². The van der Waals surface area contributed by atoms with E-state index in [0.717, 1.165) is 16.7 Å². The Bertz CT molecular complexity index is 1450. The highest BCUT2D eigenvalue weighted by Crippen LogP contribution is 2.28. The fraction of sp³-hybridized carbons (Fsp3) is 0.269. The number of benzene rings is 1. The van der Waals surface area contributed by atoms with E-state index >= 15 is 0 Å². The summed E-state index contributed by atoms with van der Waals surface area (Å²) in [6.07, 6.45) is 4.66. The first kappa shape index (κ1) is 24.1. The predicted octanol–water partition coefficient (Wildman–Crippen LogP) is 3.65. The summed E-state index contributed by atoms with van der Waals surface area (Å²) in [7, 11) is -3.75. The standard InChI is InChI=1S/C26H27N5O4S/c1-17-3-8-25(28-14-17)30-22-10-12-31(16-24(22)32)36(33,34)21-6-4-19(5-7-21)20-9-11-27-23(13-20)26-29-15-18(2)35-26/h3-9,11,13-15,22,24,32H,10,12,16H2,1-2H3,(H,28,30)/t22-,24+/m1/s1. The summed E-state index contributed by atoms with van der Waals surface area (Å²) < 4.78 is 33.4. The average Bonchev–Trinajstić information content (AvgIpc) is 3.33. The topological polar surface area (TPSA) is 121 Å². The van der Waals surface area contributed by atoms with Crippen LogP contribution in [0.15, 0.2) is 76.4 Å². The van der Waals surface area contributed by atoms with Gasteiger partial charge in [-0.25, -0.2) is 18.4 Å². The van der Waals surface area contributed by atoms with Gasteiger partial charge in [0.05, 0.1) is 23.2 Å². The summed E-state index contributed by atoms with van der Waals surface area (Å²) in [6.45, 7) is 4.08. The molecule has 1 aromatic carbocycles. The summed E-state index contributed by atoms with van der Waals surface area (Å²) in [6, 6.07) is 13.9. The molecule has 186 valence electrons. The first-order valence-corrected chi connectivity index (χ1v) is 13.1. The van der Waals surface area contributed by atoms with Gasteiger partial charge in [0.15, 0.2) is 0 Å². The summed E-state index contributed by atoms with van der Waals surface area (Å²) in [5.41, 5.74) is 3.35. The number of anilines is 1. The maximum atomic E-state index is 13.3. The normalized spacial score (nSPS) is 18.8. The molecule has 9 nitrogen and oxygen atoms in total. The first-order chi connectivity index (χ1) is 17.3. The molecule has 0 saturated carbocycles. The van der Waals surface area contributed by atoms with Gasteiger partial charge in [-0.15, -0.1) is 0 Å². The third kappa shape index (κ3) is 5.01. The van der Waals surface area contributed by atoms with E-state index in [1.54, 1.807) is 42.9 Å². The molecule has 0 spiro atoms. The Morgan fingerprint density at radius 3 is 2.47 bits per heavy atom. The Balaban J connectivity index is 1.28. The maximum Gasteiger partial charge on any atom is 0.245 e. The molecule has 1 saturated heterocycles. The van der Waals surface area contributed by atoms with Gasteiger partial charge in [-0.1, -0.05) is 18.2 Å². The van der Waals surface area contributed by atoms with Gasteiger partial charge in [0.25, 0.3) is 0 Å². The van der Waals surface area contributed by atoms with Crippen molar-refractivity contribution in [3.8, 4) is 22.7 Å². The lowest BCUT2D eigenvalue weighted by molar-refractivity contribution is 0.0949. The van der Waals surface area contributed by atoms with E-state index in [9.17, 15) is 13.5 Å². The summed E-state index contributed by atoms with van der Waals surface area (Å²) in [5.74, 6) is 1.79. The Kier molecular flexibility index (Phi) is 6.57. The molecule has 1 aliphatic rings. The molecule has 0 aliphatic carbocycles. The number of sulfonamides is 1. The van der Waals surface area contributed by atoms with Gasteiger partial charge in [-0.3, -0.25) is 4.98 Å². The second-order valence-electron chi connectivity index (χ2n) is 8.92. The van der Waals surface area contributed by atoms with Crippen LogP contribution >= 0.6 is 0 Å². The van der Waals surface area contributed by atoms with Gasteiger partial charge >= 0.3 is 0 Å². The van der Waals surface area contributed by atoms with Crippen molar-refractivity contribution in [1.29, 1.82) is 0 Å². The number of nitrogens with zero attached hydrogens (tertiary/aromatic N) is 4. The molecular formula is C26H27N5O4S. The lowest BCUT2D eigenvalue weighted by Gasteiger charge is -2.35. The number of hydrogen-bond acceptors (Lipinski definition) is 8. The lowest BCUT2D eigenvalue weighted by Crippen LogP contribution is -2.51. The van der Waals surface area contributed by atoms with Crippen molar-refractivity contribution in [2.24, 2.45) is 0 Å². The van der Waals surface area contributed by atoms with Crippen molar-refractivity contribution in [3.05, 3.63) is 78.4 Å². The Labute approximate surface area is 209 Å². The van der Waals surface area contributed by atoms with E-state index in [1.165, 1.54) is 4.31 Å². The minimum atomic E-state index is -3.75. The van der Waals surface area contributed by atoms with Crippen LogP contribution < -0.4 is 5.32 Å². The highest BCUT2D eigenvalue weighted by Gasteiger charge is 2.34. The fourth-order valence-corrected chi connectivity index (χ4v) is 5.67. The summed E-state index contributed by atoms with van der Waals surface area (Å²) >= 11 is 0. The molecule has 0 amide bonds. The van der Waals surface area contributed by atoms with Crippen LogP contribution in [0.2, 0.25) is 0 Å². The second-order valence-corrected chi connectivity index (χ2v) is 10.9. The van der Waals surface area contributed by atoms with Gasteiger partial charge in [0.2, 0.25) is 15.9 Å². The van der Waals surface area contributed by atoms with Crippen molar-refractivity contribution in [3.63, 3.8) is 0 Å². The molecule has 5 rings (SSSR count). The van der Waals surface area contributed by atoms with Crippen LogP contribution in [0, 0.1) is 13.8 Å². The van der Waals surface area contributed by atoms with Crippen molar-refractivity contribution >= 4 is 15.8 Å². The number of aromatic nitrogens is 3. The molecule has 3 aromatic heterocycles. The zero-order valence-corrected chi connectivity index (χ0v) is 20.8. The highest BCUT2D eigenvalue weighted by molar-refractivity contribution is 7.89. The Morgan fingerprint density at radius 2 is 1.81 bits per heavy atom. The molecular weight excluding hydrogens is 478 g/mol. The van der Waals surface area contributed by atoms with E-state index in [2.05, 4.69) is 20.3 Å². The van der Waals surface area contributed by atoms with E-state index in [1.807, 2.05) is 38.1 Å². The minimum absolute atomic E-state index is 0.0108. The number of nitrogens with one attached hydrogen (secondary N) is 1. The number of oxazole rings is 1. The molecule has 1 aliphatic heterocycles. The molecule has 4 heterocycles. The molecule has 2 atom stereocenters. The number of pyridine rings is 2. The van der Waals surface area contributed by atoms with E-state index < -0.39 is 16.1 Å². The van der Waals surface area contributed by atoms with Gasteiger partial charge in [0.1, 0.15) is 17.3 Å². The third-order valence-corrected chi connectivity index (χ3v) is 8.09. The van der Waals surface area contributed by atoms with Crippen LogP contribution in [0.5, 0.6) is 0 Å². The largest absolute Gasteiger partial charge is 0.440 e. The number of rotatable bonds is 6. The van der Waals surface area contributed by atoms with Gasteiger partial charge in [-0.05, 0) is 67.3 Å². The van der Waals surface area contributed by atoms with E-state index in [4.69, 9.17) is 4.42 Å². The zero-order chi connectivity index (χ0) is 25.3. The number of aliphatic hydroxyl groups excluding tert-OH is 1. The Morgan fingerprint density at radius 1 is 1.00 bits per heavy atom. The van der Waals surface area contributed by atoms with Crippen LogP contribution in [0.25, 0.3) is 22.7 Å². The molecule has 10 heteroatoms. The van der Waals surface area contributed by atoms with Crippen LogP contribution in [0.1, 0.15) is 17.7 Å². The van der Waals surface area contributed by atoms with Crippen LogP contribution in [-0.4, -0.2) is 58.0 Å². The second kappa shape index (κ2) is 9.81. The van der Waals surface area contributed by atoms with Crippen molar-refractivity contribution in [2.45, 2.75) is 37.3 Å². The smallest absolute Gasteiger partial charge is 0.245 e. The quantitative estimate of drug-likeness (QED) is 0.407. The molecule has 0 radical (unpaired) electrons. The molecule has 0 unspecified atom stereocenters. The molecule has 2 N–H and O–H groups in total. The predicted molar refractivity (Wildman–Crippen MR) is 136 cm³/mol. The molecule has 1 fully saturated rings. The van der Waals surface area contributed by atoms with Crippen molar-refractivity contribution in [1.82, 2.24) is 19.3 Å². The number of aliphatic hydroxyl groups is 1. The van der Waals surface area contributed by atoms with Crippen LogP contribution in [-0.2, 0) is 10.0 Å². The third-order valence-electron chi connectivity index (χ3n) is 6.22. The van der Waals surface area contributed by atoms with E-state index in [0.29, 0.717) is 36.1 Å². The SMILES string of the molecule is Cc1ccc(N[C@@H]2CCN(S(=O)(=O)c3ccc(-c4ccnc(-c5ncc(C)o5)c4)cc3)C[C@@H]2O)nc1. The number of hydrogen-bond donors (Lipinski definition) is 2. The maximum absolute atomic E-state index is 13.3. The van der Waals surface area contributed by atoms with E-state index in [-0.39, 0.29) is 17.5 Å². The first-order valence-electron chi connectivity index (χ1n) is 11.7. The molecule has 4 aromatic rings. The minimum Gasteiger partial charge on any atom is -0.440 e. The Hall–Kier alpha value is -3.60. The highest BCUT2D eigenvalue weighted by atomic mass is 32.2. The average molecular weight is 506 g/mol. The lowest BCUT2D eigenvalue weighted by atomic mass is 10.0. The zero-order valence-electron chi connectivity index (χ0n) is 20.0. The summed E-state index contributed by atoms with van der Waals surface area (Å²) in [4.78, 5) is 13.0. The summed E-state index contributed by atoms with van der Waals surface area (Å²) in [5, 5.41) is 13.9. The molecule has 36 heavy (non-hydrogen) atoms. The van der Waals surface area contributed by atoms with Crippen LogP contribution in [0.3, 0.4) is 0 Å². The van der Waals surface area contributed by atoms with Crippen molar-refractivity contribution < 1.29 is 17.9 Å². The van der Waals surface area contributed by atoms with Crippen molar-refractivity contribution in [2.75, 3.05) is 18.4 Å². The monoisotopic (exact) mass is 505 g/mol.